The molecule has 0 aliphatic rings. The van der Waals surface area contributed by atoms with Crippen molar-refractivity contribution in [3.05, 3.63) is 64.3 Å². The molecule has 110 valence electrons. The predicted octanol–water partition coefficient (Wildman–Crippen LogP) is 3.95. The molecule has 0 aromatic carbocycles. The van der Waals surface area contributed by atoms with Crippen LogP contribution in [0.5, 0.6) is 0 Å². The first-order valence-electron chi connectivity index (χ1n) is 6.89. The maximum Gasteiger partial charge on any atom is 0.151 e. The second-order valence-corrected chi connectivity index (χ2v) is 5.62. The van der Waals surface area contributed by atoms with Crippen molar-refractivity contribution < 1.29 is 4.39 Å². The highest BCUT2D eigenvalue weighted by molar-refractivity contribution is 9.10. The zero-order valence-corrected chi connectivity index (χ0v) is 13.3. The van der Waals surface area contributed by atoms with E-state index >= 15 is 0 Å². The van der Waals surface area contributed by atoms with Crippen molar-refractivity contribution in [2.24, 2.45) is 0 Å². The average molecular weight is 358 g/mol. The Labute approximate surface area is 136 Å². The quantitative estimate of drug-likeness (QED) is 0.664. The molecule has 0 amide bonds. The third-order valence-electron chi connectivity index (χ3n) is 3.15. The van der Waals surface area contributed by atoms with Gasteiger partial charge < -0.3 is 4.40 Å². The number of nitrogens with zero attached hydrogens (tertiary/aromatic N) is 3. The summed E-state index contributed by atoms with van der Waals surface area (Å²) >= 11 is 3.49. The molecular weight excluding hydrogens is 345 g/mol. The minimum atomic E-state index is -0.564. The van der Waals surface area contributed by atoms with Crippen LogP contribution in [-0.2, 0) is 13.1 Å². The van der Waals surface area contributed by atoms with Crippen LogP contribution in [-0.4, -0.2) is 14.4 Å². The number of hydrogen-bond acceptors (Lipinski definition) is 2. The number of aromatic nitrogens is 3. The first-order valence-corrected chi connectivity index (χ1v) is 7.68. The molecule has 0 saturated carbocycles. The van der Waals surface area contributed by atoms with Crippen LogP contribution in [0.2, 0.25) is 0 Å². The number of halogens is 2. The topological polar surface area (TPSA) is 30.2 Å². The summed E-state index contributed by atoms with van der Waals surface area (Å²) in [6.07, 6.45) is 5.42. The number of aryl methyl sites for hydroxylation is 1. The Hall–Kier alpha value is -2.19. The van der Waals surface area contributed by atoms with E-state index in [1.165, 1.54) is 0 Å². The molecule has 5 heteroatoms. The summed E-state index contributed by atoms with van der Waals surface area (Å²) in [5.41, 5.74) is 2.92. The van der Waals surface area contributed by atoms with Gasteiger partial charge in [0, 0.05) is 25.2 Å². The van der Waals surface area contributed by atoms with Gasteiger partial charge in [-0.15, -0.1) is 0 Å². The number of fused-ring (bicyclic) bond motifs is 1. The van der Waals surface area contributed by atoms with Gasteiger partial charge in [-0.1, -0.05) is 12.0 Å². The van der Waals surface area contributed by atoms with Gasteiger partial charge in [-0.05, 0) is 46.1 Å². The van der Waals surface area contributed by atoms with E-state index in [9.17, 15) is 4.39 Å². The lowest BCUT2D eigenvalue weighted by Gasteiger charge is -1.93. The van der Waals surface area contributed by atoms with Crippen molar-refractivity contribution in [3.8, 4) is 11.8 Å². The summed E-state index contributed by atoms with van der Waals surface area (Å²) in [6.45, 7) is -0.564. The normalized spacial score (nSPS) is 10.5. The van der Waals surface area contributed by atoms with Crippen molar-refractivity contribution in [1.82, 2.24) is 14.4 Å². The lowest BCUT2D eigenvalue weighted by molar-refractivity contribution is 0.476. The molecular formula is C17H13BrFN3. The molecule has 3 aromatic heterocycles. The van der Waals surface area contributed by atoms with Crippen molar-refractivity contribution in [2.75, 3.05) is 0 Å². The van der Waals surface area contributed by atoms with Crippen LogP contribution < -0.4 is 0 Å². The van der Waals surface area contributed by atoms with Crippen LogP contribution in [0.25, 0.3) is 5.65 Å². The Morgan fingerprint density at radius 3 is 2.86 bits per heavy atom. The van der Waals surface area contributed by atoms with Gasteiger partial charge in [-0.25, -0.2) is 14.4 Å². The summed E-state index contributed by atoms with van der Waals surface area (Å²) in [5, 5.41) is 0. The maximum atomic E-state index is 12.5. The minimum Gasteiger partial charge on any atom is -0.306 e. The molecule has 0 N–H and O–H groups in total. The van der Waals surface area contributed by atoms with E-state index in [0.717, 1.165) is 22.2 Å². The molecule has 0 spiro atoms. The van der Waals surface area contributed by atoms with Gasteiger partial charge in [0.2, 0.25) is 0 Å². The second-order valence-electron chi connectivity index (χ2n) is 4.77. The molecule has 0 unspecified atom stereocenters. The Balaban J connectivity index is 1.67. The van der Waals surface area contributed by atoms with Crippen LogP contribution in [0, 0.1) is 11.8 Å². The zero-order valence-electron chi connectivity index (χ0n) is 11.8. The van der Waals surface area contributed by atoms with Crippen LogP contribution in [0.4, 0.5) is 4.39 Å². The Morgan fingerprint density at radius 2 is 2.05 bits per heavy atom. The maximum absolute atomic E-state index is 12.5. The van der Waals surface area contributed by atoms with Crippen LogP contribution in [0.3, 0.4) is 0 Å². The molecule has 0 atom stereocenters. The number of alkyl halides is 1. The highest BCUT2D eigenvalue weighted by Gasteiger charge is 2.03. The van der Waals surface area contributed by atoms with E-state index < -0.39 is 6.67 Å². The average Bonchev–Trinajstić information content (AvgIpc) is 2.96. The molecule has 0 radical (unpaired) electrons. The second kappa shape index (κ2) is 6.71. The zero-order chi connectivity index (χ0) is 15.4. The standard InChI is InChI=1S/C17H13BrFN3/c18-16-9-4-10-22-12-15(21-17(16)22)6-2-1-5-13-7-3-8-14(11-19)20-13/h3-4,7-10,12H,2,6,11H2. The molecule has 3 rings (SSSR count). The smallest absolute Gasteiger partial charge is 0.151 e. The minimum absolute atomic E-state index is 0.414. The van der Waals surface area contributed by atoms with E-state index in [0.29, 0.717) is 17.8 Å². The fraction of sp³-hybridized carbons (Fsp3) is 0.176. The summed E-state index contributed by atoms with van der Waals surface area (Å²) in [5.74, 6) is 6.03. The first-order chi connectivity index (χ1) is 10.8. The van der Waals surface area contributed by atoms with Gasteiger partial charge >= 0.3 is 0 Å². The van der Waals surface area contributed by atoms with Gasteiger partial charge in [-0.2, -0.15) is 0 Å². The van der Waals surface area contributed by atoms with Crippen molar-refractivity contribution in [1.29, 1.82) is 0 Å². The van der Waals surface area contributed by atoms with E-state index in [1.54, 1.807) is 18.2 Å². The molecule has 3 aromatic rings. The molecule has 0 saturated heterocycles. The third kappa shape index (κ3) is 3.34. The van der Waals surface area contributed by atoms with Crippen LogP contribution in [0.15, 0.2) is 47.2 Å². The lowest BCUT2D eigenvalue weighted by Crippen LogP contribution is -1.89. The Kier molecular flexibility index (Phi) is 4.50. The highest BCUT2D eigenvalue weighted by atomic mass is 79.9. The summed E-state index contributed by atoms with van der Waals surface area (Å²) in [6, 6.07) is 9.14. The van der Waals surface area contributed by atoms with Gasteiger partial charge in [0.15, 0.2) is 5.65 Å². The van der Waals surface area contributed by atoms with E-state index in [-0.39, 0.29) is 0 Å². The van der Waals surface area contributed by atoms with Crippen LogP contribution in [0.1, 0.15) is 23.5 Å². The SMILES string of the molecule is FCc1cccc(C#CCCc2cn3cccc(Br)c3n2)n1. The largest absolute Gasteiger partial charge is 0.306 e. The van der Waals surface area contributed by atoms with E-state index in [1.807, 2.05) is 28.9 Å². The molecule has 22 heavy (non-hydrogen) atoms. The molecule has 0 bridgehead atoms. The van der Waals surface area contributed by atoms with Crippen molar-refractivity contribution in [2.45, 2.75) is 19.5 Å². The predicted molar refractivity (Wildman–Crippen MR) is 87.1 cm³/mol. The van der Waals surface area contributed by atoms with Gasteiger partial charge in [0.05, 0.1) is 15.9 Å². The summed E-state index contributed by atoms with van der Waals surface area (Å²) in [4.78, 5) is 8.67. The van der Waals surface area contributed by atoms with Gasteiger partial charge in [0.1, 0.15) is 12.4 Å². The highest BCUT2D eigenvalue weighted by Crippen LogP contribution is 2.17. The number of imidazole rings is 1. The Morgan fingerprint density at radius 1 is 1.14 bits per heavy atom. The first kappa shape index (κ1) is 14.7. The number of hydrogen-bond donors (Lipinski definition) is 0. The third-order valence-corrected chi connectivity index (χ3v) is 3.77. The van der Waals surface area contributed by atoms with E-state index in [4.69, 9.17) is 0 Å². The fourth-order valence-electron chi connectivity index (χ4n) is 2.12. The molecule has 0 aliphatic heterocycles. The number of rotatable bonds is 3. The molecule has 0 aliphatic carbocycles. The lowest BCUT2D eigenvalue weighted by atomic mass is 10.2. The molecule has 3 heterocycles. The van der Waals surface area contributed by atoms with Crippen molar-refractivity contribution >= 4 is 21.6 Å². The van der Waals surface area contributed by atoms with E-state index in [2.05, 4.69) is 37.7 Å². The molecule has 0 fully saturated rings. The summed E-state index contributed by atoms with van der Waals surface area (Å²) < 4.78 is 15.5. The summed E-state index contributed by atoms with van der Waals surface area (Å²) in [7, 11) is 0. The van der Waals surface area contributed by atoms with Crippen molar-refractivity contribution in [3.63, 3.8) is 0 Å². The van der Waals surface area contributed by atoms with Gasteiger partial charge in [0.25, 0.3) is 0 Å². The fourth-order valence-corrected chi connectivity index (χ4v) is 2.56. The Bertz CT molecular complexity index is 861. The van der Waals surface area contributed by atoms with Crippen LogP contribution >= 0.6 is 15.9 Å². The number of pyridine rings is 2. The van der Waals surface area contributed by atoms with Gasteiger partial charge in [-0.3, -0.25) is 0 Å². The monoisotopic (exact) mass is 357 g/mol. The molecule has 3 nitrogen and oxygen atoms in total.